The van der Waals surface area contributed by atoms with Crippen molar-refractivity contribution in [2.45, 2.75) is 40.3 Å². The summed E-state index contributed by atoms with van der Waals surface area (Å²) in [6, 6.07) is 11.7. The van der Waals surface area contributed by atoms with E-state index in [4.69, 9.17) is 4.52 Å². The third kappa shape index (κ3) is 2.81. The van der Waals surface area contributed by atoms with E-state index in [9.17, 15) is 4.79 Å². The molecule has 1 N–H and O–H groups in total. The molecule has 1 aliphatic rings. The van der Waals surface area contributed by atoms with Gasteiger partial charge in [-0.2, -0.15) is 0 Å². The number of para-hydroxylation sites is 1. The Balaban J connectivity index is 1.81. The van der Waals surface area contributed by atoms with Crippen molar-refractivity contribution in [3.8, 4) is 5.82 Å². The van der Waals surface area contributed by atoms with Gasteiger partial charge in [0.25, 0.3) is 5.91 Å². The van der Waals surface area contributed by atoms with E-state index >= 15 is 0 Å². The molecule has 1 aliphatic heterocycles. The Bertz CT molecular complexity index is 1000. The average molecular weight is 364 g/mol. The zero-order chi connectivity index (χ0) is 19.1. The number of aromatic nitrogens is 2. The van der Waals surface area contributed by atoms with Crippen molar-refractivity contribution in [2.75, 3.05) is 11.9 Å². The molecular weight excluding hydrogens is 340 g/mol. The molecule has 27 heavy (non-hydrogen) atoms. The second kappa shape index (κ2) is 6.61. The van der Waals surface area contributed by atoms with Crippen molar-refractivity contribution in [3.63, 3.8) is 0 Å². The highest BCUT2D eigenvalue weighted by Gasteiger charge is 2.34. The lowest BCUT2D eigenvalue weighted by atomic mass is 10.0. The maximum Gasteiger partial charge on any atom is 0.257 e. The van der Waals surface area contributed by atoms with Gasteiger partial charge in [-0.3, -0.25) is 9.36 Å². The first-order valence-electron chi connectivity index (χ1n) is 9.30. The summed E-state index contributed by atoms with van der Waals surface area (Å²) in [5.74, 6) is 1.60. The zero-order valence-electron chi connectivity index (χ0n) is 16.1. The molecule has 0 spiro atoms. The van der Waals surface area contributed by atoms with Gasteiger partial charge in [0.05, 0.1) is 5.56 Å². The first kappa shape index (κ1) is 17.4. The number of nitrogens with one attached hydrogen (secondary N) is 1. The standard InChI is InChI=1S/C21H24N4O2/c1-5-10-24-20(22-18-9-7-6-8-16(18)21(24)26)17-11-13(2)25(15(17)4)19-12-14(3)27-23-19/h6-9,11-12,20,22H,5,10H2,1-4H3/t20-/m0/s1. The molecule has 6 heteroatoms. The Morgan fingerprint density at radius 3 is 2.67 bits per heavy atom. The van der Waals surface area contributed by atoms with Crippen LogP contribution in [0.3, 0.4) is 0 Å². The molecule has 1 aromatic carbocycles. The molecule has 3 aromatic rings. The third-order valence-electron chi connectivity index (χ3n) is 5.10. The fourth-order valence-electron chi connectivity index (χ4n) is 3.89. The van der Waals surface area contributed by atoms with Crippen LogP contribution in [0.15, 0.2) is 40.9 Å². The second-order valence-corrected chi connectivity index (χ2v) is 7.05. The summed E-state index contributed by atoms with van der Waals surface area (Å²) in [4.78, 5) is 15.0. The Kier molecular flexibility index (Phi) is 4.26. The lowest BCUT2D eigenvalue weighted by molar-refractivity contribution is 0.0683. The van der Waals surface area contributed by atoms with Gasteiger partial charge in [0.1, 0.15) is 11.9 Å². The number of hydrogen-bond donors (Lipinski definition) is 1. The van der Waals surface area contributed by atoms with Crippen molar-refractivity contribution >= 4 is 11.6 Å². The van der Waals surface area contributed by atoms with Crippen LogP contribution in [0.4, 0.5) is 5.69 Å². The molecule has 6 nitrogen and oxygen atoms in total. The monoisotopic (exact) mass is 364 g/mol. The van der Waals surface area contributed by atoms with Crippen LogP contribution in [0.1, 0.15) is 52.6 Å². The van der Waals surface area contributed by atoms with E-state index in [-0.39, 0.29) is 12.1 Å². The number of anilines is 1. The number of carbonyl (C=O) groups excluding carboxylic acids is 1. The topological polar surface area (TPSA) is 63.3 Å². The number of carbonyl (C=O) groups is 1. The summed E-state index contributed by atoms with van der Waals surface area (Å²) < 4.78 is 7.33. The molecule has 140 valence electrons. The van der Waals surface area contributed by atoms with Gasteiger partial charge in [-0.1, -0.05) is 24.2 Å². The number of fused-ring (bicyclic) bond motifs is 1. The van der Waals surface area contributed by atoms with E-state index in [1.165, 1.54) is 0 Å². The van der Waals surface area contributed by atoms with Crippen molar-refractivity contribution in [3.05, 3.63) is 64.7 Å². The highest BCUT2D eigenvalue weighted by atomic mass is 16.5. The minimum atomic E-state index is -0.208. The quantitative estimate of drug-likeness (QED) is 0.747. The van der Waals surface area contributed by atoms with Crippen LogP contribution in [-0.4, -0.2) is 27.1 Å². The van der Waals surface area contributed by atoms with Crippen LogP contribution in [-0.2, 0) is 0 Å². The summed E-state index contributed by atoms with van der Waals surface area (Å²) in [5, 5.41) is 7.72. The molecular formula is C21H24N4O2. The molecule has 0 unspecified atom stereocenters. The molecule has 0 radical (unpaired) electrons. The average Bonchev–Trinajstić information content (AvgIpc) is 3.20. The number of aryl methyl sites for hydroxylation is 2. The molecule has 1 amide bonds. The molecule has 0 saturated carbocycles. The van der Waals surface area contributed by atoms with Crippen molar-refractivity contribution < 1.29 is 9.32 Å². The first-order chi connectivity index (χ1) is 13.0. The Morgan fingerprint density at radius 1 is 1.19 bits per heavy atom. The van der Waals surface area contributed by atoms with E-state index < -0.39 is 0 Å². The van der Waals surface area contributed by atoms with Gasteiger partial charge >= 0.3 is 0 Å². The van der Waals surface area contributed by atoms with Gasteiger partial charge in [0.15, 0.2) is 5.82 Å². The smallest absolute Gasteiger partial charge is 0.257 e. The zero-order valence-corrected chi connectivity index (χ0v) is 16.1. The molecule has 0 aliphatic carbocycles. The summed E-state index contributed by atoms with van der Waals surface area (Å²) in [6.07, 6.45) is 0.688. The normalized spacial score (nSPS) is 16.4. The summed E-state index contributed by atoms with van der Waals surface area (Å²) in [5.41, 5.74) is 4.78. The van der Waals surface area contributed by atoms with E-state index in [0.29, 0.717) is 6.54 Å². The molecule has 2 aromatic heterocycles. The summed E-state index contributed by atoms with van der Waals surface area (Å²) in [7, 11) is 0. The van der Waals surface area contributed by atoms with Crippen LogP contribution in [0.25, 0.3) is 5.82 Å². The van der Waals surface area contributed by atoms with Crippen LogP contribution in [0.2, 0.25) is 0 Å². The molecule has 0 bridgehead atoms. The number of nitrogens with zero attached hydrogens (tertiary/aromatic N) is 3. The van der Waals surface area contributed by atoms with Gasteiger partial charge in [-0.25, -0.2) is 0 Å². The van der Waals surface area contributed by atoms with Gasteiger partial charge < -0.3 is 14.7 Å². The van der Waals surface area contributed by atoms with E-state index in [0.717, 1.165) is 46.2 Å². The highest BCUT2D eigenvalue weighted by Crippen LogP contribution is 2.36. The number of hydrogen-bond acceptors (Lipinski definition) is 4. The fraction of sp³-hybridized carbons (Fsp3) is 0.333. The van der Waals surface area contributed by atoms with Gasteiger partial charge in [-0.05, 0) is 45.4 Å². The van der Waals surface area contributed by atoms with Crippen LogP contribution < -0.4 is 5.32 Å². The largest absolute Gasteiger partial charge is 0.361 e. The van der Waals surface area contributed by atoms with Crippen molar-refractivity contribution in [2.24, 2.45) is 0 Å². The van der Waals surface area contributed by atoms with Crippen LogP contribution in [0, 0.1) is 20.8 Å². The predicted molar refractivity (Wildman–Crippen MR) is 104 cm³/mol. The summed E-state index contributed by atoms with van der Waals surface area (Å²) >= 11 is 0. The maximum atomic E-state index is 13.1. The first-order valence-corrected chi connectivity index (χ1v) is 9.30. The maximum absolute atomic E-state index is 13.1. The summed E-state index contributed by atoms with van der Waals surface area (Å²) in [6.45, 7) is 8.77. The molecule has 4 rings (SSSR count). The van der Waals surface area contributed by atoms with Gasteiger partial charge in [-0.15, -0.1) is 0 Å². The van der Waals surface area contributed by atoms with Crippen LogP contribution >= 0.6 is 0 Å². The van der Waals surface area contributed by atoms with Crippen molar-refractivity contribution in [1.82, 2.24) is 14.6 Å². The van der Waals surface area contributed by atoms with Gasteiger partial charge in [0.2, 0.25) is 0 Å². The Labute approximate surface area is 158 Å². The molecule has 0 saturated heterocycles. The highest BCUT2D eigenvalue weighted by molar-refractivity contribution is 6.01. The molecule has 0 fully saturated rings. The van der Waals surface area contributed by atoms with Crippen LogP contribution in [0.5, 0.6) is 0 Å². The predicted octanol–water partition coefficient (Wildman–Crippen LogP) is 4.37. The third-order valence-corrected chi connectivity index (χ3v) is 5.10. The lowest BCUT2D eigenvalue weighted by Crippen LogP contribution is -2.43. The minimum Gasteiger partial charge on any atom is -0.361 e. The van der Waals surface area contributed by atoms with E-state index in [2.05, 4.69) is 35.0 Å². The van der Waals surface area contributed by atoms with E-state index in [1.54, 1.807) is 0 Å². The number of benzene rings is 1. The Morgan fingerprint density at radius 2 is 1.96 bits per heavy atom. The lowest BCUT2D eigenvalue weighted by Gasteiger charge is -2.38. The van der Waals surface area contributed by atoms with Gasteiger partial charge in [0, 0.05) is 35.2 Å². The SMILES string of the molecule is CCCN1C(=O)c2ccccc2N[C@@H]1c1cc(C)n(-c2cc(C)on2)c1C. The fourth-order valence-corrected chi connectivity index (χ4v) is 3.89. The molecule has 1 atom stereocenters. The molecule has 3 heterocycles. The number of amides is 1. The van der Waals surface area contributed by atoms with Crippen molar-refractivity contribution in [1.29, 1.82) is 0 Å². The minimum absolute atomic E-state index is 0.0679. The number of rotatable bonds is 4. The van der Waals surface area contributed by atoms with E-state index in [1.807, 2.05) is 49.1 Å². The Hall–Kier alpha value is -3.02. The second-order valence-electron chi connectivity index (χ2n) is 7.05.